The number of aliphatic hydroxyl groups excluding tert-OH is 1. The Morgan fingerprint density at radius 2 is 2.13 bits per heavy atom. The first-order valence-corrected chi connectivity index (χ1v) is 10.5. The highest BCUT2D eigenvalue weighted by Gasteiger charge is 2.45. The Bertz CT molecular complexity index is 1120. The number of aryl methyl sites for hydroxylation is 1. The van der Waals surface area contributed by atoms with Crippen LogP contribution >= 0.6 is 0 Å². The Morgan fingerprint density at radius 1 is 1.26 bits per heavy atom. The molecule has 0 radical (unpaired) electrons. The topological polar surface area (TPSA) is 67.6 Å². The van der Waals surface area contributed by atoms with E-state index >= 15 is 0 Å². The number of aromatic nitrogens is 2. The number of ether oxygens (including phenoxy) is 1. The van der Waals surface area contributed by atoms with E-state index in [0.717, 1.165) is 16.8 Å². The first kappa shape index (κ1) is 19.9. The van der Waals surface area contributed by atoms with Crippen molar-refractivity contribution in [1.82, 2.24) is 14.7 Å². The molecular weight excluding hydrogens is 397 g/mol. The van der Waals surface area contributed by atoms with Crippen molar-refractivity contribution in [2.45, 2.75) is 38.0 Å². The average molecular weight is 421 g/mol. The first-order valence-electron chi connectivity index (χ1n) is 10.5. The van der Waals surface area contributed by atoms with Gasteiger partial charge in [0.25, 0.3) is 5.91 Å². The molecule has 1 N–H and O–H groups in total. The summed E-state index contributed by atoms with van der Waals surface area (Å²) < 4.78 is 22.3. The van der Waals surface area contributed by atoms with Crippen molar-refractivity contribution in [3.05, 3.63) is 82.9 Å². The molecule has 0 saturated carbocycles. The number of fused-ring (bicyclic) bond motifs is 1. The van der Waals surface area contributed by atoms with E-state index in [-0.39, 0.29) is 12.5 Å². The second-order valence-corrected chi connectivity index (χ2v) is 8.20. The molecule has 3 heterocycles. The Balaban J connectivity index is 1.52. The maximum absolute atomic E-state index is 14.9. The smallest absolute Gasteiger partial charge is 0.255 e. The predicted octanol–water partition coefficient (Wildman–Crippen LogP) is 3.21. The molecule has 1 saturated heterocycles. The molecule has 6 nitrogen and oxygen atoms in total. The number of amides is 1. The standard InChI is InChI=1S/C24H24FN3O3/c1-15-12-16(6-7-19(15)27-10-3-9-26-27)13-20-23-17(4-2-5-18(23)25)24(30)28(20)21-14-31-11-8-22(21)29/h2-7,9-10,12,20-22,29H,8,11,13-14H2,1H3/t20?,21-,22-/m0/s1. The van der Waals surface area contributed by atoms with Crippen LogP contribution in [0.2, 0.25) is 0 Å². The number of carbonyl (C=O) groups excluding carboxylic acids is 1. The minimum atomic E-state index is -0.693. The van der Waals surface area contributed by atoms with Gasteiger partial charge in [-0.25, -0.2) is 9.07 Å². The molecule has 1 aromatic heterocycles. The number of hydrogen-bond acceptors (Lipinski definition) is 4. The SMILES string of the molecule is Cc1cc(CC2c3c(F)cccc3C(=O)N2[C@H]2COCC[C@@H]2O)ccc1-n1cccn1. The molecule has 0 spiro atoms. The predicted molar refractivity (Wildman–Crippen MR) is 113 cm³/mol. The summed E-state index contributed by atoms with van der Waals surface area (Å²) in [7, 11) is 0. The number of hydrogen-bond donors (Lipinski definition) is 1. The molecule has 2 aliphatic heterocycles. The second-order valence-electron chi connectivity index (χ2n) is 8.20. The van der Waals surface area contributed by atoms with Crippen LogP contribution in [0, 0.1) is 12.7 Å². The van der Waals surface area contributed by atoms with Gasteiger partial charge in [-0.1, -0.05) is 18.2 Å². The summed E-state index contributed by atoms with van der Waals surface area (Å²) in [6, 6.07) is 11.5. The summed E-state index contributed by atoms with van der Waals surface area (Å²) >= 11 is 0. The first-order chi connectivity index (χ1) is 15.0. The van der Waals surface area contributed by atoms with Crippen LogP contribution in [-0.2, 0) is 11.2 Å². The lowest BCUT2D eigenvalue weighted by molar-refractivity contribution is -0.0607. The molecule has 1 unspecified atom stereocenters. The number of halogens is 1. The summed E-state index contributed by atoms with van der Waals surface area (Å²) in [5.74, 6) is -0.645. The summed E-state index contributed by atoms with van der Waals surface area (Å²) in [5, 5.41) is 14.9. The molecule has 1 amide bonds. The summed E-state index contributed by atoms with van der Waals surface area (Å²) in [6.45, 7) is 2.71. The van der Waals surface area contributed by atoms with E-state index in [4.69, 9.17) is 4.74 Å². The summed E-state index contributed by atoms with van der Waals surface area (Å²) in [6.07, 6.45) is 3.82. The molecule has 5 rings (SSSR count). The molecule has 7 heteroatoms. The average Bonchev–Trinajstić information content (AvgIpc) is 3.37. The van der Waals surface area contributed by atoms with Crippen LogP contribution in [-0.4, -0.2) is 51.1 Å². The van der Waals surface area contributed by atoms with Gasteiger partial charge in [-0.15, -0.1) is 0 Å². The van der Waals surface area contributed by atoms with Crippen LogP contribution in [0.3, 0.4) is 0 Å². The molecule has 3 atom stereocenters. The Morgan fingerprint density at radius 3 is 2.87 bits per heavy atom. The third kappa shape index (κ3) is 3.43. The van der Waals surface area contributed by atoms with E-state index in [1.807, 2.05) is 37.4 Å². The Labute approximate surface area is 179 Å². The van der Waals surface area contributed by atoms with Crippen LogP contribution < -0.4 is 0 Å². The number of aliphatic hydroxyl groups is 1. The van der Waals surface area contributed by atoms with E-state index < -0.39 is 24.0 Å². The van der Waals surface area contributed by atoms with Gasteiger partial charge >= 0.3 is 0 Å². The molecule has 2 aliphatic rings. The highest BCUT2D eigenvalue weighted by atomic mass is 19.1. The van der Waals surface area contributed by atoms with E-state index in [1.54, 1.807) is 27.9 Å². The number of carbonyl (C=O) groups is 1. The van der Waals surface area contributed by atoms with E-state index in [2.05, 4.69) is 5.10 Å². The van der Waals surface area contributed by atoms with Gasteiger partial charge in [0, 0.05) is 30.1 Å². The molecule has 160 valence electrons. The largest absolute Gasteiger partial charge is 0.391 e. The molecule has 0 aliphatic carbocycles. The second kappa shape index (κ2) is 7.90. The third-order valence-electron chi connectivity index (χ3n) is 6.28. The highest BCUT2D eigenvalue weighted by Crippen LogP contribution is 2.40. The van der Waals surface area contributed by atoms with Gasteiger partial charge in [0.1, 0.15) is 5.82 Å². The van der Waals surface area contributed by atoms with Crippen molar-refractivity contribution in [3.63, 3.8) is 0 Å². The van der Waals surface area contributed by atoms with Gasteiger partial charge in [-0.3, -0.25) is 4.79 Å². The van der Waals surface area contributed by atoms with Crippen molar-refractivity contribution >= 4 is 5.91 Å². The van der Waals surface area contributed by atoms with E-state index in [9.17, 15) is 14.3 Å². The van der Waals surface area contributed by atoms with Crippen LogP contribution in [0.4, 0.5) is 4.39 Å². The van der Waals surface area contributed by atoms with Gasteiger partial charge in [0.15, 0.2) is 0 Å². The fourth-order valence-corrected chi connectivity index (χ4v) is 4.78. The lowest BCUT2D eigenvalue weighted by Crippen LogP contribution is -2.51. The van der Waals surface area contributed by atoms with E-state index in [0.29, 0.717) is 30.6 Å². The van der Waals surface area contributed by atoms with Gasteiger partial charge in [0.2, 0.25) is 0 Å². The van der Waals surface area contributed by atoms with Crippen molar-refractivity contribution in [2.24, 2.45) is 0 Å². The summed E-state index contributed by atoms with van der Waals surface area (Å²) in [4.78, 5) is 14.9. The van der Waals surface area contributed by atoms with E-state index in [1.165, 1.54) is 6.07 Å². The fourth-order valence-electron chi connectivity index (χ4n) is 4.78. The molecular formula is C24H24FN3O3. The van der Waals surface area contributed by atoms with Crippen LogP contribution in [0.25, 0.3) is 5.69 Å². The van der Waals surface area contributed by atoms with Crippen LogP contribution in [0.1, 0.15) is 39.5 Å². The quantitative estimate of drug-likeness (QED) is 0.703. The zero-order valence-corrected chi connectivity index (χ0v) is 17.2. The lowest BCUT2D eigenvalue weighted by Gasteiger charge is -2.38. The Kier molecular flexibility index (Phi) is 5.08. The maximum atomic E-state index is 14.9. The highest BCUT2D eigenvalue weighted by molar-refractivity contribution is 5.99. The number of rotatable bonds is 4. The van der Waals surface area contributed by atoms with Gasteiger partial charge in [0.05, 0.1) is 30.5 Å². The molecule has 1 fully saturated rings. The van der Waals surface area contributed by atoms with Gasteiger partial charge in [-0.05, 0) is 55.2 Å². The minimum Gasteiger partial charge on any atom is -0.391 e. The van der Waals surface area contributed by atoms with Crippen LogP contribution in [0.5, 0.6) is 0 Å². The lowest BCUT2D eigenvalue weighted by atomic mass is 9.95. The van der Waals surface area contributed by atoms with Crippen molar-refractivity contribution < 1.29 is 19.0 Å². The van der Waals surface area contributed by atoms with Crippen molar-refractivity contribution in [1.29, 1.82) is 0 Å². The normalized spacial score (nSPS) is 23.3. The number of benzene rings is 2. The van der Waals surface area contributed by atoms with Crippen molar-refractivity contribution in [2.75, 3.05) is 13.2 Å². The molecule has 2 aromatic carbocycles. The Hall–Kier alpha value is -3.03. The number of nitrogens with zero attached hydrogens (tertiary/aromatic N) is 3. The molecule has 31 heavy (non-hydrogen) atoms. The van der Waals surface area contributed by atoms with Crippen molar-refractivity contribution in [3.8, 4) is 5.69 Å². The third-order valence-corrected chi connectivity index (χ3v) is 6.28. The maximum Gasteiger partial charge on any atom is 0.255 e. The monoisotopic (exact) mass is 421 g/mol. The zero-order valence-electron chi connectivity index (χ0n) is 17.2. The zero-order chi connectivity index (χ0) is 21.5. The molecule has 0 bridgehead atoms. The fraction of sp³-hybridized carbons (Fsp3) is 0.333. The van der Waals surface area contributed by atoms with Gasteiger partial charge in [-0.2, -0.15) is 5.10 Å². The van der Waals surface area contributed by atoms with Crippen LogP contribution in [0.15, 0.2) is 54.9 Å². The molecule has 3 aromatic rings. The summed E-state index contributed by atoms with van der Waals surface area (Å²) in [5.41, 5.74) is 3.76. The minimum absolute atomic E-state index is 0.246. The van der Waals surface area contributed by atoms with Gasteiger partial charge < -0.3 is 14.7 Å².